The van der Waals surface area contributed by atoms with Gasteiger partial charge in [-0.15, -0.1) is 0 Å². The summed E-state index contributed by atoms with van der Waals surface area (Å²) in [5, 5.41) is 11.5. The van der Waals surface area contributed by atoms with Gasteiger partial charge < -0.3 is 26.6 Å². The molecule has 12 heteroatoms. The Morgan fingerprint density at radius 2 is 2.14 bits per heavy atom. The molecule has 0 aliphatic heterocycles. The summed E-state index contributed by atoms with van der Waals surface area (Å²) in [7, 11) is 0. The number of carbonyl (C=O) groups is 2. The highest BCUT2D eigenvalue weighted by Gasteiger charge is 2.20. The molecule has 0 aliphatic rings. The van der Waals surface area contributed by atoms with Gasteiger partial charge >= 0.3 is 17.7 Å². The standard InChI is InChI=1S/C17H26N8O4/c18-16(19)21-6-4-5-12(15(26)27)24-17(28)29-8-3-1-2-7-25-11-23-13-9-20-10-22-14(13)25/h9-12H,1-8H2,(H6,18,19,21,24,26,27,28)/p+1/t12-/m0/s1. The van der Waals surface area contributed by atoms with E-state index in [-0.39, 0.29) is 19.0 Å². The van der Waals surface area contributed by atoms with Crippen LogP contribution in [0.25, 0.3) is 11.2 Å². The van der Waals surface area contributed by atoms with Crippen LogP contribution in [0, 0.1) is 0 Å². The van der Waals surface area contributed by atoms with Crippen molar-refractivity contribution < 1.29 is 24.0 Å². The van der Waals surface area contributed by atoms with Crippen molar-refractivity contribution in [3.05, 3.63) is 18.9 Å². The summed E-state index contributed by atoms with van der Waals surface area (Å²) in [5.74, 6) is -1.19. The molecule has 0 aromatic carbocycles. The maximum Gasteiger partial charge on any atom is 0.407 e. The lowest BCUT2D eigenvalue weighted by Crippen LogP contribution is -2.41. The SMILES string of the molecule is NC(N)=NCCC[C@H](NC(=O)OCCCCC[n+]1c[nH]c2cncnc21)C(=O)O. The molecule has 2 rings (SSSR count). The van der Waals surface area contributed by atoms with E-state index in [1.165, 1.54) is 6.33 Å². The lowest BCUT2D eigenvalue weighted by atomic mass is 10.1. The number of nitrogens with two attached hydrogens (primary N) is 2. The number of amides is 1. The number of H-pyrrole nitrogens is 1. The fourth-order valence-electron chi connectivity index (χ4n) is 2.70. The minimum absolute atomic E-state index is 0.0550. The smallest absolute Gasteiger partial charge is 0.407 e. The Morgan fingerprint density at radius 3 is 2.90 bits per heavy atom. The van der Waals surface area contributed by atoms with Gasteiger partial charge in [-0.2, -0.15) is 0 Å². The number of nitrogens with one attached hydrogen (secondary N) is 2. The zero-order valence-corrected chi connectivity index (χ0v) is 16.1. The number of aliphatic imine (C=N–C) groups is 1. The number of carboxylic acid groups (broad SMARTS) is 1. The molecule has 1 atom stereocenters. The second-order valence-corrected chi connectivity index (χ2v) is 6.41. The van der Waals surface area contributed by atoms with E-state index < -0.39 is 18.1 Å². The molecule has 0 spiro atoms. The summed E-state index contributed by atoms with van der Waals surface area (Å²) in [6, 6.07) is -1.04. The molecule has 7 N–H and O–H groups in total. The third-order valence-electron chi connectivity index (χ3n) is 4.15. The molecular formula is C17H27N8O4+. The molecular weight excluding hydrogens is 380 g/mol. The fraction of sp³-hybridized carbons (Fsp3) is 0.529. The van der Waals surface area contributed by atoms with Crippen LogP contribution in [0.15, 0.2) is 23.8 Å². The summed E-state index contributed by atoms with van der Waals surface area (Å²) in [6.07, 6.45) is 7.35. The summed E-state index contributed by atoms with van der Waals surface area (Å²) in [6.45, 7) is 1.29. The van der Waals surface area contributed by atoms with Gasteiger partial charge in [-0.25, -0.2) is 19.1 Å². The van der Waals surface area contributed by atoms with Crippen molar-refractivity contribution >= 4 is 29.2 Å². The largest absolute Gasteiger partial charge is 0.480 e. The van der Waals surface area contributed by atoms with Crippen molar-refractivity contribution in [1.29, 1.82) is 0 Å². The van der Waals surface area contributed by atoms with Crippen LogP contribution >= 0.6 is 0 Å². The fourth-order valence-corrected chi connectivity index (χ4v) is 2.70. The number of aromatic nitrogens is 4. The number of rotatable bonds is 12. The minimum Gasteiger partial charge on any atom is -0.480 e. The van der Waals surface area contributed by atoms with Crippen LogP contribution in [-0.4, -0.2) is 57.3 Å². The molecule has 0 radical (unpaired) electrons. The van der Waals surface area contributed by atoms with Crippen LogP contribution in [-0.2, 0) is 16.1 Å². The highest BCUT2D eigenvalue weighted by Crippen LogP contribution is 2.03. The van der Waals surface area contributed by atoms with Crippen molar-refractivity contribution in [2.75, 3.05) is 13.2 Å². The zero-order valence-electron chi connectivity index (χ0n) is 16.1. The van der Waals surface area contributed by atoms with Gasteiger partial charge in [-0.1, -0.05) is 4.98 Å². The van der Waals surface area contributed by atoms with Crippen molar-refractivity contribution in [3.63, 3.8) is 0 Å². The number of carbonyl (C=O) groups excluding carboxylic acids is 1. The Bertz CT molecular complexity index is 834. The number of guanidine groups is 1. The predicted octanol–water partition coefficient (Wildman–Crippen LogP) is -0.351. The van der Waals surface area contributed by atoms with Crippen molar-refractivity contribution in [1.82, 2.24) is 20.3 Å². The Hall–Kier alpha value is -3.44. The number of nitrogens with zero attached hydrogens (tertiary/aromatic N) is 4. The van der Waals surface area contributed by atoms with E-state index in [1.807, 2.05) is 10.9 Å². The molecule has 2 aromatic heterocycles. The number of ether oxygens (including phenoxy) is 1. The van der Waals surface area contributed by atoms with E-state index in [1.54, 1.807) is 6.20 Å². The van der Waals surface area contributed by atoms with Crippen molar-refractivity contribution in [2.24, 2.45) is 16.5 Å². The normalized spacial score (nSPS) is 11.7. The molecule has 29 heavy (non-hydrogen) atoms. The van der Waals surface area contributed by atoms with Crippen LogP contribution in [0.4, 0.5) is 4.79 Å². The van der Waals surface area contributed by atoms with Gasteiger partial charge in [-0.05, 0) is 32.1 Å². The lowest BCUT2D eigenvalue weighted by molar-refractivity contribution is -0.673. The van der Waals surface area contributed by atoms with Gasteiger partial charge in [0.15, 0.2) is 24.1 Å². The van der Waals surface area contributed by atoms with Gasteiger partial charge in [0.05, 0.1) is 19.3 Å². The Morgan fingerprint density at radius 1 is 1.31 bits per heavy atom. The number of aliphatic carboxylic acids is 1. The Labute approximate surface area is 167 Å². The lowest BCUT2D eigenvalue weighted by Gasteiger charge is -2.14. The third-order valence-corrected chi connectivity index (χ3v) is 4.15. The molecule has 2 aromatic rings. The van der Waals surface area contributed by atoms with E-state index in [9.17, 15) is 9.59 Å². The van der Waals surface area contributed by atoms with Gasteiger partial charge in [-0.3, -0.25) is 9.98 Å². The van der Waals surface area contributed by atoms with Crippen LogP contribution in [0.3, 0.4) is 0 Å². The number of fused-ring (bicyclic) bond motifs is 1. The number of hydrogen-bond acceptors (Lipinski definition) is 6. The second kappa shape index (κ2) is 11.4. The van der Waals surface area contributed by atoms with Gasteiger partial charge in [0.25, 0.3) is 0 Å². The van der Waals surface area contributed by atoms with Crippen LogP contribution in [0.1, 0.15) is 32.1 Å². The first-order chi connectivity index (χ1) is 14.0. The van der Waals surface area contributed by atoms with E-state index in [0.29, 0.717) is 19.4 Å². The number of carboxylic acids is 1. The number of unbranched alkanes of at least 4 members (excludes halogenated alkanes) is 2. The molecule has 0 saturated carbocycles. The molecule has 0 bridgehead atoms. The molecule has 12 nitrogen and oxygen atoms in total. The van der Waals surface area contributed by atoms with E-state index in [0.717, 1.165) is 30.6 Å². The van der Waals surface area contributed by atoms with Crippen molar-refractivity contribution in [2.45, 2.75) is 44.7 Å². The minimum atomic E-state index is -1.13. The first kappa shape index (κ1) is 21.9. The summed E-state index contributed by atoms with van der Waals surface area (Å²) in [4.78, 5) is 38.1. The zero-order chi connectivity index (χ0) is 21.1. The maximum atomic E-state index is 11.8. The Kier molecular flexibility index (Phi) is 8.60. The highest BCUT2D eigenvalue weighted by molar-refractivity contribution is 5.79. The number of aromatic amines is 1. The first-order valence-electron chi connectivity index (χ1n) is 9.35. The molecule has 0 fully saturated rings. The number of imidazole rings is 1. The van der Waals surface area contributed by atoms with Crippen molar-refractivity contribution in [3.8, 4) is 0 Å². The quantitative estimate of drug-likeness (QED) is 0.137. The monoisotopic (exact) mass is 407 g/mol. The topological polar surface area (TPSA) is 185 Å². The van der Waals surface area contributed by atoms with E-state index >= 15 is 0 Å². The van der Waals surface area contributed by atoms with Gasteiger partial charge in [0.1, 0.15) is 6.04 Å². The average Bonchev–Trinajstić information content (AvgIpc) is 3.09. The molecule has 2 heterocycles. The molecule has 0 aliphatic carbocycles. The summed E-state index contributed by atoms with van der Waals surface area (Å²) in [5.41, 5.74) is 12.1. The molecule has 0 saturated heterocycles. The maximum absolute atomic E-state index is 11.8. The van der Waals surface area contributed by atoms with E-state index in [2.05, 4.69) is 25.3 Å². The third kappa shape index (κ3) is 7.60. The molecule has 158 valence electrons. The highest BCUT2D eigenvalue weighted by atomic mass is 16.5. The van der Waals surface area contributed by atoms with Gasteiger partial charge in [0.2, 0.25) is 0 Å². The van der Waals surface area contributed by atoms with E-state index in [4.69, 9.17) is 21.3 Å². The number of alkyl carbamates (subject to hydrolysis) is 1. The van der Waals surface area contributed by atoms with Crippen LogP contribution in [0.2, 0.25) is 0 Å². The molecule has 1 amide bonds. The Balaban J connectivity index is 1.60. The van der Waals surface area contributed by atoms with Gasteiger partial charge in [0, 0.05) is 6.54 Å². The number of hydrogen-bond donors (Lipinski definition) is 5. The molecule has 0 unspecified atom stereocenters. The second-order valence-electron chi connectivity index (χ2n) is 6.41. The number of aryl methyl sites for hydroxylation is 1. The van der Waals surface area contributed by atoms with Crippen LogP contribution in [0.5, 0.6) is 0 Å². The predicted molar refractivity (Wildman–Crippen MR) is 104 cm³/mol. The summed E-state index contributed by atoms with van der Waals surface area (Å²) < 4.78 is 7.06. The first-order valence-corrected chi connectivity index (χ1v) is 9.35. The van der Waals surface area contributed by atoms with Crippen LogP contribution < -0.4 is 21.4 Å². The average molecular weight is 407 g/mol. The summed E-state index contributed by atoms with van der Waals surface area (Å²) >= 11 is 0.